The van der Waals surface area contributed by atoms with Crippen LogP contribution >= 0.6 is 0 Å². The average Bonchev–Trinajstić information content (AvgIpc) is 3.03. The summed E-state index contributed by atoms with van der Waals surface area (Å²) < 4.78 is 0. The molecule has 7 heteroatoms. The number of aromatic amines is 1. The predicted molar refractivity (Wildman–Crippen MR) is 98.4 cm³/mol. The lowest BCUT2D eigenvalue weighted by Gasteiger charge is -2.36. The Kier molecular flexibility index (Phi) is 5.25. The molecule has 1 aromatic carbocycles. The van der Waals surface area contributed by atoms with E-state index in [-0.39, 0.29) is 17.7 Å². The fraction of sp³-hybridized carbons (Fsp3) is 0.421. The molecule has 2 N–H and O–H groups in total. The molecule has 3 rings (SSSR count). The van der Waals surface area contributed by atoms with E-state index in [0.717, 1.165) is 16.5 Å². The SMILES string of the molecule is CC(=O)NC(Cc1c[nH]c2ccccc12)C(=O)N1CCN(C(C)=O)CC1. The van der Waals surface area contributed by atoms with Crippen LogP contribution in [0.25, 0.3) is 10.9 Å². The molecule has 1 aliphatic rings. The van der Waals surface area contributed by atoms with Gasteiger partial charge in [0.2, 0.25) is 17.7 Å². The molecule has 0 aliphatic carbocycles. The summed E-state index contributed by atoms with van der Waals surface area (Å²) in [6.07, 6.45) is 2.32. The first-order chi connectivity index (χ1) is 12.5. The summed E-state index contributed by atoms with van der Waals surface area (Å²) in [5.74, 6) is -0.312. The van der Waals surface area contributed by atoms with Crippen molar-refractivity contribution >= 4 is 28.6 Å². The number of fused-ring (bicyclic) bond motifs is 1. The average molecular weight is 356 g/mol. The fourth-order valence-electron chi connectivity index (χ4n) is 3.43. The molecule has 0 saturated carbocycles. The highest BCUT2D eigenvalue weighted by molar-refractivity contribution is 5.89. The molecule has 1 fully saturated rings. The molecule has 2 heterocycles. The lowest BCUT2D eigenvalue weighted by molar-refractivity contribution is -0.140. The van der Waals surface area contributed by atoms with Gasteiger partial charge in [0, 0.05) is 63.5 Å². The number of nitrogens with one attached hydrogen (secondary N) is 2. The van der Waals surface area contributed by atoms with E-state index >= 15 is 0 Å². The van der Waals surface area contributed by atoms with Crippen molar-refractivity contribution in [1.82, 2.24) is 20.1 Å². The number of rotatable bonds is 4. The highest BCUT2D eigenvalue weighted by Crippen LogP contribution is 2.20. The van der Waals surface area contributed by atoms with E-state index in [9.17, 15) is 14.4 Å². The van der Waals surface area contributed by atoms with E-state index < -0.39 is 6.04 Å². The number of hydrogen-bond acceptors (Lipinski definition) is 3. The topological polar surface area (TPSA) is 85.5 Å². The van der Waals surface area contributed by atoms with E-state index in [1.807, 2.05) is 30.5 Å². The Balaban J connectivity index is 1.74. The quantitative estimate of drug-likeness (QED) is 0.854. The molecule has 0 bridgehead atoms. The molecular formula is C19H24N4O3. The molecule has 1 atom stereocenters. The molecule has 7 nitrogen and oxygen atoms in total. The molecule has 1 unspecified atom stereocenters. The van der Waals surface area contributed by atoms with Gasteiger partial charge in [-0.1, -0.05) is 18.2 Å². The van der Waals surface area contributed by atoms with E-state index in [1.54, 1.807) is 9.80 Å². The maximum absolute atomic E-state index is 13.0. The number of hydrogen-bond donors (Lipinski definition) is 2. The molecule has 1 aliphatic heterocycles. The highest BCUT2D eigenvalue weighted by atomic mass is 16.2. The van der Waals surface area contributed by atoms with Crippen LogP contribution in [-0.2, 0) is 20.8 Å². The number of benzene rings is 1. The Bertz CT molecular complexity index is 821. The number of H-pyrrole nitrogens is 1. The molecule has 2 aromatic rings. The van der Waals surface area contributed by atoms with Gasteiger partial charge in [-0.25, -0.2) is 0 Å². The van der Waals surface area contributed by atoms with E-state index in [1.165, 1.54) is 13.8 Å². The molecule has 1 aromatic heterocycles. The third-order valence-electron chi connectivity index (χ3n) is 4.81. The van der Waals surface area contributed by atoms with Crippen LogP contribution in [0.3, 0.4) is 0 Å². The van der Waals surface area contributed by atoms with Gasteiger partial charge in [-0.05, 0) is 11.6 Å². The summed E-state index contributed by atoms with van der Waals surface area (Å²) in [6.45, 7) is 4.99. The van der Waals surface area contributed by atoms with Crippen LogP contribution in [0.2, 0.25) is 0 Å². The van der Waals surface area contributed by atoms with Crippen LogP contribution in [0.5, 0.6) is 0 Å². The number of piperazine rings is 1. The molecule has 138 valence electrons. The van der Waals surface area contributed by atoms with Crippen molar-refractivity contribution in [3.05, 3.63) is 36.0 Å². The predicted octanol–water partition coefficient (Wildman–Crippen LogP) is 0.906. The summed E-state index contributed by atoms with van der Waals surface area (Å²) in [7, 11) is 0. The Labute approximate surface area is 152 Å². The molecule has 3 amide bonds. The van der Waals surface area contributed by atoms with Crippen LogP contribution in [0.1, 0.15) is 19.4 Å². The highest BCUT2D eigenvalue weighted by Gasteiger charge is 2.29. The zero-order valence-corrected chi connectivity index (χ0v) is 15.1. The van der Waals surface area contributed by atoms with Gasteiger partial charge in [-0.2, -0.15) is 0 Å². The zero-order chi connectivity index (χ0) is 18.7. The van der Waals surface area contributed by atoms with Crippen molar-refractivity contribution < 1.29 is 14.4 Å². The number of aromatic nitrogens is 1. The van der Waals surface area contributed by atoms with Gasteiger partial charge in [-0.15, -0.1) is 0 Å². The van der Waals surface area contributed by atoms with Crippen molar-refractivity contribution in [2.24, 2.45) is 0 Å². The lowest BCUT2D eigenvalue weighted by Crippen LogP contribution is -2.56. The van der Waals surface area contributed by atoms with Crippen molar-refractivity contribution in [2.45, 2.75) is 26.3 Å². The minimum absolute atomic E-state index is 0.0225. The maximum Gasteiger partial charge on any atom is 0.245 e. The van der Waals surface area contributed by atoms with Gasteiger partial charge in [0.05, 0.1) is 0 Å². The first-order valence-electron chi connectivity index (χ1n) is 8.82. The monoisotopic (exact) mass is 356 g/mol. The number of amides is 3. The normalized spacial score (nSPS) is 15.8. The van der Waals surface area contributed by atoms with Gasteiger partial charge < -0.3 is 20.1 Å². The second-order valence-electron chi connectivity index (χ2n) is 6.65. The summed E-state index contributed by atoms with van der Waals surface area (Å²) >= 11 is 0. The second kappa shape index (κ2) is 7.59. The van der Waals surface area contributed by atoms with E-state index in [4.69, 9.17) is 0 Å². The number of para-hydroxylation sites is 1. The van der Waals surface area contributed by atoms with Gasteiger partial charge in [0.1, 0.15) is 6.04 Å². The van der Waals surface area contributed by atoms with E-state index in [2.05, 4.69) is 10.3 Å². The van der Waals surface area contributed by atoms with Gasteiger partial charge in [0.15, 0.2) is 0 Å². The van der Waals surface area contributed by atoms with Crippen molar-refractivity contribution in [2.75, 3.05) is 26.2 Å². The molecule has 0 radical (unpaired) electrons. The molecule has 26 heavy (non-hydrogen) atoms. The van der Waals surface area contributed by atoms with Crippen LogP contribution in [0.15, 0.2) is 30.5 Å². The third-order valence-corrected chi connectivity index (χ3v) is 4.81. The molecule has 0 spiro atoms. The third kappa shape index (κ3) is 3.87. The minimum atomic E-state index is -0.615. The first kappa shape index (κ1) is 18.0. The number of carbonyl (C=O) groups is 3. The Morgan fingerprint density at radius 1 is 1.08 bits per heavy atom. The van der Waals surface area contributed by atoms with Gasteiger partial charge in [-0.3, -0.25) is 14.4 Å². The Morgan fingerprint density at radius 2 is 1.73 bits per heavy atom. The summed E-state index contributed by atoms with van der Waals surface area (Å²) in [6, 6.07) is 7.27. The Hall–Kier alpha value is -2.83. The minimum Gasteiger partial charge on any atom is -0.361 e. The maximum atomic E-state index is 13.0. The number of carbonyl (C=O) groups excluding carboxylic acids is 3. The number of nitrogens with zero attached hydrogens (tertiary/aromatic N) is 2. The second-order valence-corrected chi connectivity index (χ2v) is 6.65. The molecule has 1 saturated heterocycles. The standard InChI is InChI=1S/C19H24N4O3/c1-13(24)21-18(11-15-12-20-17-6-4-3-5-16(15)17)19(26)23-9-7-22(8-10-23)14(2)25/h3-6,12,18,20H,7-11H2,1-2H3,(H,21,24). The van der Waals surface area contributed by atoms with Crippen molar-refractivity contribution in [3.63, 3.8) is 0 Å². The fourth-order valence-corrected chi connectivity index (χ4v) is 3.43. The van der Waals surface area contributed by atoms with Crippen molar-refractivity contribution in [3.8, 4) is 0 Å². The largest absolute Gasteiger partial charge is 0.361 e. The summed E-state index contributed by atoms with van der Waals surface area (Å²) in [5.41, 5.74) is 2.00. The van der Waals surface area contributed by atoms with Crippen LogP contribution in [-0.4, -0.2) is 64.7 Å². The van der Waals surface area contributed by atoms with Crippen LogP contribution < -0.4 is 5.32 Å². The van der Waals surface area contributed by atoms with Gasteiger partial charge >= 0.3 is 0 Å². The van der Waals surface area contributed by atoms with Crippen LogP contribution in [0.4, 0.5) is 0 Å². The van der Waals surface area contributed by atoms with E-state index in [0.29, 0.717) is 32.6 Å². The smallest absolute Gasteiger partial charge is 0.245 e. The lowest BCUT2D eigenvalue weighted by atomic mass is 10.0. The zero-order valence-electron chi connectivity index (χ0n) is 15.1. The summed E-state index contributed by atoms with van der Waals surface area (Å²) in [5, 5.41) is 3.84. The Morgan fingerprint density at radius 3 is 2.38 bits per heavy atom. The van der Waals surface area contributed by atoms with Gasteiger partial charge in [0.25, 0.3) is 0 Å². The summed E-state index contributed by atoms with van der Waals surface area (Å²) in [4.78, 5) is 42.7. The van der Waals surface area contributed by atoms with Crippen molar-refractivity contribution in [1.29, 1.82) is 0 Å². The van der Waals surface area contributed by atoms with Crippen LogP contribution in [0, 0.1) is 0 Å². The first-order valence-corrected chi connectivity index (χ1v) is 8.82. The molecular weight excluding hydrogens is 332 g/mol.